The quantitative estimate of drug-likeness (QED) is 0.594. The summed E-state index contributed by atoms with van der Waals surface area (Å²) in [5.74, 6) is 4.85. The van der Waals surface area contributed by atoms with Crippen molar-refractivity contribution in [1.82, 2.24) is 5.43 Å². The van der Waals surface area contributed by atoms with Crippen molar-refractivity contribution in [2.75, 3.05) is 0 Å². The minimum absolute atomic E-state index is 0.0185. The molecule has 1 aromatic rings. The molecule has 0 saturated carbocycles. The summed E-state index contributed by atoms with van der Waals surface area (Å²) in [5.41, 5.74) is 3.24. The fraction of sp³-hybridized carbons (Fsp3) is 0.538. The molecule has 1 rings (SSSR count). The summed E-state index contributed by atoms with van der Waals surface area (Å²) >= 11 is 0. The van der Waals surface area contributed by atoms with Crippen LogP contribution in [0.1, 0.15) is 32.3 Å². The Bertz CT molecular complexity index is 351. The van der Waals surface area contributed by atoms with Gasteiger partial charge in [0.05, 0.1) is 0 Å². The molecule has 17 heavy (non-hydrogen) atoms. The second-order valence-corrected chi connectivity index (χ2v) is 4.29. The summed E-state index contributed by atoms with van der Waals surface area (Å²) in [4.78, 5) is 0. The largest absolute Gasteiger partial charge is 0.271 e. The van der Waals surface area contributed by atoms with E-state index in [4.69, 9.17) is 5.84 Å². The summed E-state index contributed by atoms with van der Waals surface area (Å²) in [7, 11) is 0. The van der Waals surface area contributed by atoms with E-state index in [1.165, 1.54) is 12.1 Å². The summed E-state index contributed by atoms with van der Waals surface area (Å²) in [6, 6.07) is 3.69. The van der Waals surface area contributed by atoms with Crippen LogP contribution >= 0.6 is 0 Å². The average Bonchev–Trinajstić information content (AvgIpc) is 2.32. The van der Waals surface area contributed by atoms with Crippen molar-refractivity contribution in [3.05, 3.63) is 35.4 Å². The molecular weight excluding hydrogens is 222 g/mol. The molecule has 1 unspecified atom stereocenters. The molecule has 0 heterocycles. The van der Waals surface area contributed by atoms with Crippen LogP contribution in [0.3, 0.4) is 0 Å². The van der Waals surface area contributed by atoms with Gasteiger partial charge in [-0.2, -0.15) is 0 Å². The van der Waals surface area contributed by atoms with E-state index in [1.54, 1.807) is 0 Å². The molecule has 0 aromatic heterocycles. The molecule has 0 saturated heterocycles. The average molecular weight is 242 g/mol. The van der Waals surface area contributed by atoms with Crippen molar-refractivity contribution < 1.29 is 8.78 Å². The van der Waals surface area contributed by atoms with E-state index in [2.05, 4.69) is 19.3 Å². The van der Waals surface area contributed by atoms with Gasteiger partial charge < -0.3 is 0 Å². The van der Waals surface area contributed by atoms with Crippen LogP contribution in [0.4, 0.5) is 8.78 Å². The van der Waals surface area contributed by atoms with Gasteiger partial charge in [-0.3, -0.25) is 11.3 Å². The molecule has 0 radical (unpaired) electrons. The molecule has 0 amide bonds. The molecule has 96 valence electrons. The van der Waals surface area contributed by atoms with Gasteiger partial charge in [-0.05, 0) is 24.0 Å². The van der Waals surface area contributed by atoms with Crippen molar-refractivity contribution in [2.45, 2.75) is 39.2 Å². The Hall–Kier alpha value is -1.00. The molecule has 0 aliphatic rings. The second-order valence-electron chi connectivity index (χ2n) is 4.29. The number of nitrogens with two attached hydrogens (primary N) is 1. The van der Waals surface area contributed by atoms with Crippen LogP contribution in [0.25, 0.3) is 0 Å². The Labute approximate surface area is 101 Å². The molecule has 2 nitrogen and oxygen atoms in total. The van der Waals surface area contributed by atoms with Gasteiger partial charge in [0.15, 0.2) is 0 Å². The third-order valence-corrected chi connectivity index (χ3v) is 3.29. The predicted molar refractivity (Wildman–Crippen MR) is 65.2 cm³/mol. The predicted octanol–water partition coefficient (Wildman–Crippen LogP) is 2.78. The Kier molecular flexibility index (Phi) is 5.51. The molecule has 0 aliphatic heterocycles. The first-order chi connectivity index (χ1) is 8.12. The number of nitrogens with one attached hydrogen (secondary N) is 1. The standard InChI is InChI=1S/C13H20F2N2/c1-3-9(4-2)13(17-16)7-10-5-6-11(14)8-12(10)15/h5-6,8-9,13,17H,3-4,7,16H2,1-2H3. The van der Waals surface area contributed by atoms with Crippen molar-refractivity contribution in [2.24, 2.45) is 11.8 Å². The summed E-state index contributed by atoms with van der Waals surface area (Å²) in [6.07, 6.45) is 2.44. The second kappa shape index (κ2) is 6.67. The van der Waals surface area contributed by atoms with E-state index in [0.29, 0.717) is 17.9 Å². The summed E-state index contributed by atoms with van der Waals surface area (Å²) < 4.78 is 26.3. The van der Waals surface area contributed by atoms with E-state index >= 15 is 0 Å². The molecule has 0 spiro atoms. The van der Waals surface area contributed by atoms with Crippen molar-refractivity contribution in [3.8, 4) is 0 Å². The van der Waals surface area contributed by atoms with E-state index < -0.39 is 11.6 Å². The van der Waals surface area contributed by atoms with Gasteiger partial charge in [0.2, 0.25) is 0 Å². The highest BCUT2D eigenvalue weighted by Crippen LogP contribution is 2.19. The van der Waals surface area contributed by atoms with Crippen LogP contribution in [0, 0.1) is 17.6 Å². The third-order valence-electron chi connectivity index (χ3n) is 3.29. The zero-order chi connectivity index (χ0) is 12.8. The molecule has 1 atom stereocenters. The maximum absolute atomic E-state index is 13.5. The zero-order valence-corrected chi connectivity index (χ0v) is 10.3. The lowest BCUT2D eigenvalue weighted by Gasteiger charge is -2.24. The van der Waals surface area contributed by atoms with E-state index in [1.807, 2.05) is 0 Å². The van der Waals surface area contributed by atoms with Gasteiger partial charge in [-0.25, -0.2) is 8.78 Å². The normalized spacial score (nSPS) is 13.1. The first-order valence-electron chi connectivity index (χ1n) is 6.02. The van der Waals surface area contributed by atoms with Crippen LogP contribution in [0.15, 0.2) is 18.2 Å². The van der Waals surface area contributed by atoms with Crippen molar-refractivity contribution in [1.29, 1.82) is 0 Å². The molecule has 0 fully saturated rings. The van der Waals surface area contributed by atoms with Gasteiger partial charge >= 0.3 is 0 Å². The molecule has 4 heteroatoms. The van der Waals surface area contributed by atoms with Crippen molar-refractivity contribution in [3.63, 3.8) is 0 Å². The number of benzene rings is 1. The van der Waals surface area contributed by atoms with E-state index in [9.17, 15) is 8.78 Å². The molecule has 1 aromatic carbocycles. The smallest absolute Gasteiger partial charge is 0.129 e. The first-order valence-corrected chi connectivity index (χ1v) is 6.02. The fourth-order valence-corrected chi connectivity index (χ4v) is 2.14. The van der Waals surface area contributed by atoms with Crippen LogP contribution in [-0.4, -0.2) is 6.04 Å². The molecule has 0 aliphatic carbocycles. The number of hydrogen-bond acceptors (Lipinski definition) is 2. The van der Waals surface area contributed by atoms with Gasteiger partial charge in [-0.15, -0.1) is 0 Å². The first kappa shape index (κ1) is 14.1. The topological polar surface area (TPSA) is 38.0 Å². The lowest BCUT2D eigenvalue weighted by atomic mass is 9.90. The minimum atomic E-state index is -0.550. The highest BCUT2D eigenvalue weighted by Gasteiger charge is 2.19. The van der Waals surface area contributed by atoms with Crippen LogP contribution in [0.2, 0.25) is 0 Å². The SMILES string of the molecule is CCC(CC)C(Cc1ccc(F)cc1F)NN. The van der Waals surface area contributed by atoms with Gasteiger partial charge in [0.25, 0.3) is 0 Å². The van der Waals surface area contributed by atoms with E-state index in [-0.39, 0.29) is 6.04 Å². The maximum atomic E-state index is 13.5. The molecule has 0 bridgehead atoms. The lowest BCUT2D eigenvalue weighted by molar-refractivity contribution is 0.332. The van der Waals surface area contributed by atoms with Gasteiger partial charge in [0, 0.05) is 12.1 Å². The van der Waals surface area contributed by atoms with Gasteiger partial charge in [-0.1, -0.05) is 32.8 Å². The maximum Gasteiger partial charge on any atom is 0.129 e. The number of rotatable bonds is 6. The number of hydrogen-bond donors (Lipinski definition) is 2. The van der Waals surface area contributed by atoms with Crippen LogP contribution in [0.5, 0.6) is 0 Å². The fourth-order valence-electron chi connectivity index (χ4n) is 2.14. The Morgan fingerprint density at radius 2 is 1.88 bits per heavy atom. The lowest BCUT2D eigenvalue weighted by Crippen LogP contribution is -2.42. The highest BCUT2D eigenvalue weighted by atomic mass is 19.1. The van der Waals surface area contributed by atoms with Crippen molar-refractivity contribution >= 4 is 0 Å². The van der Waals surface area contributed by atoms with Gasteiger partial charge in [0.1, 0.15) is 11.6 Å². The minimum Gasteiger partial charge on any atom is -0.271 e. The Balaban J connectivity index is 2.80. The highest BCUT2D eigenvalue weighted by molar-refractivity contribution is 5.19. The number of halogens is 2. The number of hydrazine groups is 1. The Morgan fingerprint density at radius 1 is 1.24 bits per heavy atom. The summed E-state index contributed by atoms with van der Waals surface area (Å²) in [5, 5.41) is 0. The van der Waals surface area contributed by atoms with Crippen LogP contribution in [-0.2, 0) is 6.42 Å². The molecule has 3 N–H and O–H groups in total. The van der Waals surface area contributed by atoms with E-state index in [0.717, 1.165) is 18.9 Å². The van der Waals surface area contributed by atoms with Crippen LogP contribution < -0.4 is 11.3 Å². The molecular formula is C13H20F2N2. The summed E-state index contributed by atoms with van der Waals surface area (Å²) in [6.45, 7) is 4.17. The Morgan fingerprint density at radius 3 is 2.35 bits per heavy atom. The third kappa shape index (κ3) is 3.75. The monoisotopic (exact) mass is 242 g/mol. The zero-order valence-electron chi connectivity index (χ0n) is 10.3.